The van der Waals surface area contributed by atoms with Crippen LogP contribution in [0.25, 0.3) is 0 Å². The van der Waals surface area contributed by atoms with Crippen molar-refractivity contribution in [3.8, 4) is 0 Å². The number of carbonyl (C=O) groups excluding carboxylic acids is 1. The van der Waals surface area contributed by atoms with E-state index in [-0.39, 0.29) is 11.2 Å². The number of rotatable bonds is 2. The monoisotopic (exact) mass is 270 g/mol. The summed E-state index contributed by atoms with van der Waals surface area (Å²) in [4.78, 5) is 11.4. The van der Waals surface area contributed by atoms with E-state index in [0.717, 1.165) is 12.8 Å². The van der Waals surface area contributed by atoms with E-state index >= 15 is 0 Å². The summed E-state index contributed by atoms with van der Waals surface area (Å²) in [5.41, 5.74) is 5.17. The molecule has 2 aromatic rings. The first kappa shape index (κ1) is 12.4. The SMILES string of the molecule is O=C(Cl)CC1c2ccccc2CCc2ccccc21. The molecule has 0 spiro atoms. The van der Waals surface area contributed by atoms with Gasteiger partial charge in [0.25, 0.3) is 0 Å². The van der Waals surface area contributed by atoms with Crippen molar-refractivity contribution in [2.75, 3.05) is 0 Å². The zero-order valence-corrected chi connectivity index (χ0v) is 11.4. The van der Waals surface area contributed by atoms with Crippen LogP contribution in [0.5, 0.6) is 0 Å². The van der Waals surface area contributed by atoms with Crippen molar-refractivity contribution >= 4 is 16.8 Å². The number of hydrogen-bond acceptors (Lipinski definition) is 1. The minimum absolute atomic E-state index is 0.0971. The lowest BCUT2D eigenvalue weighted by Gasteiger charge is -2.18. The Hall–Kier alpha value is -1.60. The molecule has 0 aliphatic heterocycles. The summed E-state index contributed by atoms with van der Waals surface area (Å²) >= 11 is 5.66. The molecule has 96 valence electrons. The maximum atomic E-state index is 11.4. The van der Waals surface area contributed by atoms with Crippen molar-refractivity contribution in [1.29, 1.82) is 0 Å². The van der Waals surface area contributed by atoms with Gasteiger partial charge in [-0.3, -0.25) is 4.79 Å². The highest BCUT2D eigenvalue weighted by atomic mass is 35.5. The smallest absolute Gasteiger partial charge is 0.222 e. The van der Waals surface area contributed by atoms with Gasteiger partial charge in [-0.1, -0.05) is 48.5 Å². The van der Waals surface area contributed by atoms with Gasteiger partial charge in [0, 0.05) is 12.3 Å². The zero-order valence-electron chi connectivity index (χ0n) is 10.6. The topological polar surface area (TPSA) is 17.1 Å². The minimum atomic E-state index is -0.267. The van der Waals surface area contributed by atoms with E-state index in [4.69, 9.17) is 11.6 Å². The Kier molecular flexibility index (Phi) is 3.39. The summed E-state index contributed by atoms with van der Waals surface area (Å²) in [6, 6.07) is 16.8. The molecule has 0 N–H and O–H groups in total. The normalized spacial score (nSPS) is 14.4. The number of hydrogen-bond donors (Lipinski definition) is 0. The van der Waals surface area contributed by atoms with Gasteiger partial charge in [-0.15, -0.1) is 0 Å². The predicted molar refractivity (Wildman–Crippen MR) is 77.6 cm³/mol. The van der Waals surface area contributed by atoms with Crippen molar-refractivity contribution in [2.24, 2.45) is 0 Å². The molecule has 19 heavy (non-hydrogen) atoms. The van der Waals surface area contributed by atoms with Gasteiger partial charge in [-0.2, -0.15) is 0 Å². The van der Waals surface area contributed by atoms with Gasteiger partial charge in [-0.05, 0) is 46.7 Å². The molecule has 0 aromatic heterocycles. The maximum absolute atomic E-state index is 11.4. The summed E-state index contributed by atoms with van der Waals surface area (Å²) < 4.78 is 0. The van der Waals surface area contributed by atoms with Crippen molar-refractivity contribution in [1.82, 2.24) is 0 Å². The number of benzene rings is 2. The summed E-state index contributed by atoms with van der Waals surface area (Å²) in [7, 11) is 0. The molecule has 2 aromatic carbocycles. The van der Waals surface area contributed by atoms with E-state index in [2.05, 4.69) is 36.4 Å². The van der Waals surface area contributed by atoms with Crippen LogP contribution in [0.15, 0.2) is 48.5 Å². The van der Waals surface area contributed by atoms with Crippen LogP contribution in [0.2, 0.25) is 0 Å². The Morgan fingerprint density at radius 3 is 1.89 bits per heavy atom. The summed E-state index contributed by atoms with van der Waals surface area (Å²) in [6.45, 7) is 0. The lowest BCUT2D eigenvalue weighted by Crippen LogP contribution is -2.07. The van der Waals surface area contributed by atoms with Crippen molar-refractivity contribution in [2.45, 2.75) is 25.2 Å². The largest absolute Gasteiger partial charge is 0.281 e. The molecule has 1 aliphatic rings. The standard InChI is InChI=1S/C17H15ClO/c18-17(19)11-16-14-7-3-1-5-12(14)9-10-13-6-2-4-8-15(13)16/h1-8,16H,9-11H2. The molecule has 1 aliphatic carbocycles. The molecular weight excluding hydrogens is 256 g/mol. The first-order chi connectivity index (χ1) is 9.25. The summed E-state index contributed by atoms with van der Waals surface area (Å²) in [6.07, 6.45) is 2.43. The Balaban J connectivity index is 2.16. The third-order valence-electron chi connectivity index (χ3n) is 3.89. The fraction of sp³-hybridized carbons (Fsp3) is 0.235. The highest BCUT2D eigenvalue weighted by Crippen LogP contribution is 2.36. The van der Waals surface area contributed by atoms with E-state index in [1.165, 1.54) is 22.3 Å². The average Bonchev–Trinajstić information content (AvgIpc) is 2.57. The van der Waals surface area contributed by atoms with Crippen LogP contribution in [0.3, 0.4) is 0 Å². The molecule has 0 saturated heterocycles. The van der Waals surface area contributed by atoms with Gasteiger partial charge in [0.2, 0.25) is 5.24 Å². The highest BCUT2D eigenvalue weighted by molar-refractivity contribution is 6.63. The van der Waals surface area contributed by atoms with Gasteiger partial charge >= 0.3 is 0 Å². The molecule has 0 heterocycles. The molecule has 1 nitrogen and oxygen atoms in total. The van der Waals surface area contributed by atoms with Crippen molar-refractivity contribution in [3.05, 3.63) is 70.8 Å². The average molecular weight is 271 g/mol. The Labute approximate surface area is 118 Å². The van der Waals surface area contributed by atoms with E-state index in [9.17, 15) is 4.79 Å². The van der Waals surface area contributed by atoms with Gasteiger partial charge in [0.1, 0.15) is 0 Å². The molecule has 0 atom stereocenters. The Bertz CT molecular complexity index is 571. The molecule has 0 fully saturated rings. The molecule has 0 bridgehead atoms. The van der Waals surface area contributed by atoms with Crippen LogP contribution in [-0.4, -0.2) is 5.24 Å². The first-order valence-electron chi connectivity index (χ1n) is 6.59. The number of fused-ring (bicyclic) bond motifs is 2. The fourth-order valence-corrected chi connectivity index (χ4v) is 3.18. The van der Waals surface area contributed by atoms with E-state index in [1.54, 1.807) is 0 Å². The van der Waals surface area contributed by atoms with Gasteiger partial charge in [0.05, 0.1) is 0 Å². The third kappa shape index (κ3) is 2.43. The molecule has 0 amide bonds. The predicted octanol–water partition coefficient (Wildman–Crippen LogP) is 4.07. The van der Waals surface area contributed by atoms with E-state index in [0.29, 0.717) is 6.42 Å². The molecule has 0 saturated carbocycles. The number of aryl methyl sites for hydroxylation is 2. The number of halogens is 1. The van der Waals surface area contributed by atoms with Gasteiger partial charge < -0.3 is 0 Å². The van der Waals surface area contributed by atoms with Crippen LogP contribution in [0.4, 0.5) is 0 Å². The zero-order chi connectivity index (χ0) is 13.2. The molecular formula is C17H15ClO. The van der Waals surface area contributed by atoms with E-state index < -0.39 is 0 Å². The van der Waals surface area contributed by atoms with E-state index in [1.807, 2.05) is 12.1 Å². The van der Waals surface area contributed by atoms with Crippen LogP contribution in [-0.2, 0) is 17.6 Å². The van der Waals surface area contributed by atoms with Crippen LogP contribution >= 0.6 is 11.6 Å². The van der Waals surface area contributed by atoms with Crippen LogP contribution in [0.1, 0.15) is 34.6 Å². The van der Waals surface area contributed by atoms with Crippen LogP contribution in [0, 0.1) is 0 Å². The minimum Gasteiger partial charge on any atom is -0.281 e. The molecule has 2 heteroatoms. The second-order valence-corrected chi connectivity index (χ2v) is 5.43. The lowest BCUT2D eigenvalue weighted by atomic mass is 9.86. The second kappa shape index (κ2) is 5.18. The molecule has 0 radical (unpaired) electrons. The quantitative estimate of drug-likeness (QED) is 0.752. The number of carbonyl (C=O) groups is 1. The Morgan fingerprint density at radius 1 is 0.947 bits per heavy atom. The summed E-state index contributed by atoms with van der Waals surface area (Å²) in [5, 5.41) is -0.267. The Morgan fingerprint density at radius 2 is 1.42 bits per heavy atom. The van der Waals surface area contributed by atoms with Crippen LogP contribution < -0.4 is 0 Å². The lowest BCUT2D eigenvalue weighted by molar-refractivity contribution is -0.111. The van der Waals surface area contributed by atoms with Crippen molar-refractivity contribution < 1.29 is 4.79 Å². The van der Waals surface area contributed by atoms with Crippen molar-refractivity contribution in [3.63, 3.8) is 0 Å². The molecule has 3 rings (SSSR count). The third-order valence-corrected chi connectivity index (χ3v) is 4.04. The second-order valence-electron chi connectivity index (χ2n) is 5.01. The molecule has 0 unspecified atom stereocenters. The van der Waals surface area contributed by atoms with Gasteiger partial charge in [0.15, 0.2) is 0 Å². The first-order valence-corrected chi connectivity index (χ1v) is 6.97. The maximum Gasteiger partial charge on any atom is 0.222 e. The highest BCUT2D eigenvalue weighted by Gasteiger charge is 2.24. The fourth-order valence-electron chi connectivity index (χ4n) is 3.02. The summed E-state index contributed by atoms with van der Waals surface area (Å²) in [5.74, 6) is 0.0971. The van der Waals surface area contributed by atoms with Gasteiger partial charge in [-0.25, -0.2) is 0 Å².